The number of benzene rings is 1. The monoisotopic (exact) mass is 367 g/mol. The normalized spacial score (nSPS) is 22.7. The predicted octanol–water partition coefficient (Wildman–Crippen LogP) is 3.46. The van der Waals surface area contributed by atoms with Crippen molar-refractivity contribution >= 4 is 11.5 Å². The fourth-order valence-corrected chi connectivity index (χ4v) is 2.96. The van der Waals surface area contributed by atoms with Gasteiger partial charge in [0.05, 0.1) is 24.3 Å². The number of nitrogens with zero attached hydrogens (tertiary/aromatic N) is 3. The molecule has 0 fully saturated rings. The van der Waals surface area contributed by atoms with E-state index in [1.807, 2.05) is 0 Å². The molecular weight excluding hydrogens is 351 g/mol. The van der Waals surface area contributed by atoms with E-state index < -0.39 is 11.8 Å². The van der Waals surface area contributed by atoms with Crippen LogP contribution in [0.15, 0.2) is 52.5 Å². The highest BCUT2D eigenvalue weighted by Crippen LogP contribution is 2.45. The average Bonchev–Trinajstić information content (AvgIpc) is 2.57. The molecule has 6 nitrogen and oxygen atoms in total. The number of ether oxygens (including phenoxy) is 1. The van der Waals surface area contributed by atoms with Gasteiger partial charge in [0, 0.05) is 0 Å². The summed E-state index contributed by atoms with van der Waals surface area (Å²) in [5.74, 6) is -0.591. The Morgan fingerprint density at radius 1 is 1.27 bits per heavy atom. The first-order valence-corrected chi connectivity index (χ1v) is 7.85. The molecule has 1 aromatic carbocycles. The summed E-state index contributed by atoms with van der Waals surface area (Å²) in [5, 5.41) is 18.0. The molecule has 1 N–H and O–H groups in total. The van der Waals surface area contributed by atoms with Gasteiger partial charge in [-0.15, -0.1) is 18.3 Å². The summed E-state index contributed by atoms with van der Waals surface area (Å²) in [6, 6.07) is 5.47. The van der Waals surface area contributed by atoms with E-state index in [2.05, 4.69) is 15.1 Å². The van der Waals surface area contributed by atoms with E-state index in [0.717, 1.165) is 10.6 Å². The van der Waals surface area contributed by atoms with Crippen LogP contribution >= 0.6 is 0 Å². The maximum atomic E-state index is 12.7. The Morgan fingerprint density at radius 3 is 2.58 bits per heavy atom. The molecule has 1 aliphatic heterocycles. The third-order valence-corrected chi connectivity index (χ3v) is 4.29. The smallest absolute Gasteiger partial charge is 0.406 e. The van der Waals surface area contributed by atoms with Gasteiger partial charge in [0.25, 0.3) is 5.91 Å². The number of aliphatic hydroxyl groups excluding tert-OH is 1. The van der Waals surface area contributed by atoms with Gasteiger partial charge < -0.3 is 9.84 Å². The first-order valence-electron chi connectivity index (χ1n) is 7.85. The highest BCUT2D eigenvalue weighted by Gasteiger charge is 2.45. The van der Waals surface area contributed by atoms with Gasteiger partial charge in [-0.2, -0.15) is 0 Å². The highest BCUT2D eigenvalue weighted by molar-refractivity contribution is 5.90. The molecule has 1 aliphatic carbocycles. The van der Waals surface area contributed by atoms with Crippen molar-refractivity contribution in [3.63, 3.8) is 0 Å². The summed E-state index contributed by atoms with van der Waals surface area (Å²) in [6.07, 6.45) is -0.980. The summed E-state index contributed by atoms with van der Waals surface area (Å²) in [4.78, 5) is 12.7. The molecule has 0 saturated heterocycles. The number of fused-ring (bicyclic) bond motifs is 1. The van der Waals surface area contributed by atoms with Crippen LogP contribution in [-0.4, -0.2) is 35.5 Å². The molecule has 0 radical (unpaired) electrons. The Kier molecular flexibility index (Phi) is 4.57. The van der Waals surface area contributed by atoms with Gasteiger partial charge in [0.2, 0.25) is 0 Å². The number of carbonyl (C=O) groups is 1. The average molecular weight is 367 g/mol. The van der Waals surface area contributed by atoms with E-state index in [1.54, 1.807) is 19.1 Å². The number of aliphatic hydroxyl groups is 1. The zero-order valence-corrected chi connectivity index (χ0v) is 13.8. The van der Waals surface area contributed by atoms with Crippen molar-refractivity contribution in [1.82, 2.24) is 5.01 Å². The van der Waals surface area contributed by atoms with Crippen molar-refractivity contribution in [2.24, 2.45) is 15.8 Å². The molecule has 2 aliphatic rings. The Morgan fingerprint density at radius 2 is 1.96 bits per heavy atom. The first kappa shape index (κ1) is 18.1. The number of hydrogen-bond acceptors (Lipinski definition) is 5. The second-order valence-electron chi connectivity index (χ2n) is 6.17. The van der Waals surface area contributed by atoms with Gasteiger partial charge in [0.1, 0.15) is 5.75 Å². The minimum absolute atomic E-state index is 0.0493. The molecule has 0 spiro atoms. The first-order chi connectivity index (χ1) is 12.2. The van der Waals surface area contributed by atoms with Crippen LogP contribution in [-0.2, 0) is 4.79 Å². The van der Waals surface area contributed by atoms with Crippen molar-refractivity contribution in [1.29, 1.82) is 0 Å². The minimum Gasteiger partial charge on any atom is -0.406 e. The van der Waals surface area contributed by atoms with Gasteiger partial charge in [0.15, 0.2) is 0 Å². The van der Waals surface area contributed by atoms with E-state index in [0.29, 0.717) is 17.7 Å². The van der Waals surface area contributed by atoms with Gasteiger partial charge in [-0.1, -0.05) is 23.4 Å². The lowest BCUT2D eigenvalue weighted by molar-refractivity contribution is -0.274. The molecular formula is C17H16F3N3O3. The summed E-state index contributed by atoms with van der Waals surface area (Å²) in [5.41, 5.74) is 1.03. The molecule has 0 aromatic heterocycles. The van der Waals surface area contributed by atoms with Crippen LogP contribution in [0.3, 0.4) is 0 Å². The van der Waals surface area contributed by atoms with E-state index in [-0.39, 0.29) is 24.8 Å². The fourth-order valence-electron chi connectivity index (χ4n) is 2.96. The third-order valence-electron chi connectivity index (χ3n) is 4.29. The molecule has 0 saturated carbocycles. The number of alkyl halides is 3. The quantitative estimate of drug-likeness (QED) is 0.886. The maximum absolute atomic E-state index is 12.7. The van der Waals surface area contributed by atoms with Crippen molar-refractivity contribution in [3.05, 3.63) is 47.7 Å². The molecule has 1 amide bonds. The molecule has 138 valence electrons. The Labute approximate surface area is 147 Å². The Balaban J connectivity index is 1.84. The lowest BCUT2D eigenvalue weighted by Crippen LogP contribution is -2.45. The van der Waals surface area contributed by atoms with Gasteiger partial charge in [-0.3, -0.25) is 4.79 Å². The molecule has 1 atom stereocenters. The van der Waals surface area contributed by atoms with Gasteiger partial charge in [-0.25, -0.2) is 5.01 Å². The van der Waals surface area contributed by atoms with Crippen molar-refractivity contribution < 1.29 is 27.8 Å². The third kappa shape index (κ3) is 3.48. The standard InChI is InChI=1S/C17H16F3N3O3/c1-16-10-12(11-2-5-13(6-3-11)26-17(18,19)20)4-7-14(16)21-22-23(8-9-24)15(16)25/h2-7,24H,8-10H2,1H3. The number of amides is 1. The number of β-amino-alcohol motifs (C(OH)–C–C–N with tert-alkyl or cyclic N) is 1. The highest BCUT2D eigenvalue weighted by atomic mass is 19.4. The van der Waals surface area contributed by atoms with E-state index in [4.69, 9.17) is 5.11 Å². The van der Waals surface area contributed by atoms with Crippen LogP contribution in [0.1, 0.15) is 18.9 Å². The lowest BCUT2D eigenvalue weighted by Gasteiger charge is -2.37. The largest absolute Gasteiger partial charge is 0.573 e. The Hall–Kier alpha value is -2.68. The molecule has 1 heterocycles. The van der Waals surface area contributed by atoms with Crippen molar-refractivity contribution in [2.45, 2.75) is 19.7 Å². The molecule has 9 heteroatoms. The topological polar surface area (TPSA) is 74.5 Å². The number of hydrogen-bond donors (Lipinski definition) is 1. The molecule has 1 aromatic rings. The zero-order chi connectivity index (χ0) is 18.9. The van der Waals surface area contributed by atoms with Crippen LogP contribution in [0, 0.1) is 5.41 Å². The summed E-state index contributed by atoms with van der Waals surface area (Å²) in [7, 11) is 0. The molecule has 3 rings (SSSR count). The minimum atomic E-state index is -4.74. The Bertz CT molecular complexity index is 800. The van der Waals surface area contributed by atoms with Crippen LogP contribution in [0.4, 0.5) is 13.2 Å². The summed E-state index contributed by atoms with van der Waals surface area (Å²) < 4.78 is 40.6. The molecule has 1 unspecified atom stereocenters. The van der Waals surface area contributed by atoms with Crippen LogP contribution in [0.25, 0.3) is 5.57 Å². The number of carbonyl (C=O) groups excluding carboxylic acids is 1. The van der Waals surface area contributed by atoms with Crippen LogP contribution in [0.5, 0.6) is 5.75 Å². The van der Waals surface area contributed by atoms with Crippen molar-refractivity contribution in [3.8, 4) is 5.75 Å². The van der Waals surface area contributed by atoms with Crippen molar-refractivity contribution in [2.75, 3.05) is 13.2 Å². The summed E-state index contributed by atoms with van der Waals surface area (Å²) >= 11 is 0. The van der Waals surface area contributed by atoms with E-state index >= 15 is 0 Å². The molecule has 0 bridgehead atoms. The van der Waals surface area contributed by atoms with Crippen LogP contribution in [0.2, 0.25) is 0 Å². The summed E-state index contributed by atoms with van der Waals surface area (Å²) in [6.45, 7) is 1.55. The maximum Gasteiger partial charge on any atom is 0.573 e. The second kappa shape index (κ2) is 6.56. The fraction of sp³-hybridized carbons (Fsp3) is 0.353. The number of rotatable bonds is 4. The molecule has 26 heavy (non-hydrogen) atoms. The SMILES string of the molecule is CC12CC(c3ccc(OC(F)(F)F)cc3)=CC=C1N=NN(CCO)C2=O. The van der Waals surface area contributed by atoms with Gasteiger partial charge in [-0.05, 0) is 42.7 Å². The van der Waals surface area contributed by atoms with E-state index in [1.165, 1.54) is 24.3 Å². The zero-order valence-electron chi connectivity index (χ0n) is 13.8. The second-order valence-corrected chi connectivity index (χ2v) is 6.17. The van der Waals surface area contributed by atoms with E-state index in [9.17, 15) is 18.0 Å². The predicted molar refractivity (Wildman–Crippen MR) is 85.6 cm³/mol. The van der Waals surface area contributed by atoms with Crippen LogP contribution < -0.4 is 4.74 Å². The lowest BCUT2D eigenvalue weighted by atomic mass is 9.74. The number of allylic oxidation sites excluding steroid dienone is 3. The van der Waals surface area contributed by atoms with Gasteiger partial charge >= 0.3 is 6.36 Å². The number of halogens is 3.